The highest BCUT2D eigenvalue weighted by molar-refractivity contribution is 7.89. The van der Waals surface area contributed by atoms with Crippen molar-refractivity contribution in [1.29, 1.82) is 0 Å². The van der Waals surface area contributed by atoms with Crippen molar-refractivity contribution in [1.82, 2.24) is 4.31 Å². The van der Waals surface area contributed by atoms with Crippen LogP contribution in [0.4, 0.5) is 5.69 Å². The highest BCUT2D eigenvalue weighted by Gasteiger charge is 2.32. The Balaban J connectivity index is 1.61. The Labute approximate surface area is 183 Å². The number of ether oxygens (including phenoxy) is 1. The van der Waals surface area contributed by atoms with Gasteiger partial charge in [-0.3, -0.25) is 4.79 Å². The number of morpholine rings is 1. The van der Waals surface area contributed by atoms with Gasteiger partial charge in [-0.25, -0.2) is 8.42 Å². The summed E-state index contributed by atoms with van der Waals surface area (Å²) in [6.07, 6.45) is -0.357. The maximum absolute atomic E-state index is 13.2. The third-order valence-electron chi connectivity index (χ3n) is 5.53. The molecule has 1 heterocycles. The molecule has 0 radical (unpaired) electrons. The number of benzene rings is 3. The van der Waals surface area contributed by atoms with Gasteiger partial charge in [-0.1, -0.05) is 36.4 Å². The van der Waals surface area contributed by atoms with E-state index in [9.17, 15) is 13.2 Å². The Morgan fingerprint density at radius 2 is 1.61 bits per heavy atom. The predicted molar refractivity (Wildman–Crippen MR) is 122 cm³/mol. The standard InChI is InChI=1S/C24H26N2O4S/c1-17-15-26(16-18(2)30-17)31(28,29)23-10-6-9-21(14-23)24(27)25(3)22-12-11-19-7-4-5-8-20(19)13-22/h4-14,17-18H,15-16H2,1-3H3. The maximum Gasteiger partial charge on any atom is 0.258 e. The second-order valence-electron chi connectivity index (χ2n) is 8.00. The summed E-state index contributed by atoms with van der Waals surface area (Å²) in [5.41, 5.74) is 1.07. The zero-order chi connectivity index (χ0) is 22.2. The molecule has 1 saturated heterocycles. The lowest BCUT2D eigenvalue weighted by Gasteiger charge is -2.34. The zero-order valence-corrected chi connectivity index (χ0v) is 18.7. The monoisotopic (exact) mass is 438 g/mol. The topological polar surface area (TPSA) is 66.9 Å². The lowest BCUT2D eigenvalue weighted by Crippen LogP contribution is -2.48. The molecule has 2 unspecified atom stereocenters. The Morgan fingerprint density at radius 1 is 0.935 bits per heavy atom. The Morgan fingerprint density at radius 3 is 2.32 bits per heavy atom. The summed E-state index contributed by atoms with van der Waals surface area (Å²) in [6, 6.07) is 20.0. The van der Waals surface area contributed by atoms with E-state index in [4.69, 9.17) is 4.74 Å². The summed E-state index contributed by atoms with van der Waals surface area (Å²) in [5.74, 6) is -0.268. The number of hydrogen-bond donors (Lipinski definition) is 0. The van der Waals surface area contributed by atoms with Crippen molar-refractivity contribution in [2.75, 3.05) is 25.0 Å². The molecule has 3 aromatic rings. The van der Waals surface area contributed by atoms with Crippen LogP contribution in [0.5, 0.6) is 0 Å². The van der Waals surface area contributed by atoms with E-state index in [0.717, 1.165) is 16.5 Å². The van der Waals surface area contributed by atoms with Crippen LogP contribution in [0.15, 0.2) is 71.6 Å². The molecule has 6 nitrogen and oxygen atoms in total. The van der Waals surface area contributed by atoms with Crippen molar-refractivity contribution < 1.29 is 17.9 Å². The third-order valence-corrected chi connectivity index (χ3v) is 7.36. The first-order chi connectivity index (χ1) is 14.8. The number of carbonyl (C=O) groups excluding carboxylic acids is 1. The smallest absolute Gasteiger partial charge is 0.258 e. The van der Waals surface area contributed by atoms with Gasteiger partial charge in [-0.2, -0.15) is 4.31 Å². The van der Waals surface area contributed by atoms with Crippen LogP contribution in [0.3, 0.4) is 0 Å². The van der Waals surface area contributed by atoms with Gasteiger partial charge in [0.05, 0.1) is 17.1 Å². The van der Waals surface area contributed by atoms with Crippen LogP contribution in [-0.2, 0) is 14.8 Å². The van der Waals surface area contributed by atoms with Crippen LogP contribution >= 0.6 is 0 Å². The molecule has 2 atom stereocenters. The molecule has 1 amide bonds. The first kappa shape index (κ1) is 21.5. The molecule has 1 fully saturated rings. The normalized spacial score (nSPS) is 20.0. The van der Waals surface area contributed by atoms with Crippen molar-refractivity contribution in [3.05, 3.63) is 72.3 Å². The quantitative estimate of drug-likeness (QED) is 0.619. The van der Waals surface area contributed by atoms with E-state index >= 15 is 0 Å². The molecule has 3 aromatic carbocycles. The largest absolute Gasteiger partial charge is 0.373 e. The predicted octanol–water partition coefficient (Wildman–Crippen LogP) is 3.91. The molecule has 0 aromatic heterocycles. The molecular weight excluding hydrogens is 412 g/mol. The van der Waals surface area contributed by atoms with Crippen LogP contribution < -0.4 is 4.90 Å². The number of carbonyl (C=O) groups is 1. The molecule has 0 aliphatic carbocycles. The van der Waals surface area contributed by atoms with E-state index in [0.29, 0.717) is 18.7 Å². The fraction of sp³-hybridized carbons (Fsp3) is 0.292. The van der Waals surface area contributed by atoms with Crippen molar-refractivity contribution in [2.24, 2.45) is 0 Å². The van der Waals surface area contributed by atoms with Crippen LogP contribution in [0.2, 0.25) is 0 Å². The van der Waals surface area contributed by atoms with E-state index in [1.165, 1.54) is 21.3 Å². The minimum absolute atomic E-state index is 0.117. The molecule has 1 aliphatic heterocycles. The summed E-state index contributed by atoms with van der Waals surface area (Å²) in [5, 5.41) is 2.13. The Bertz CT molecular complexity index is 1210. The molecule has 0 saturated carbocycles. The van der Waals surface area contributed by atoms with Crippen molar-refractivity contribution in [3.63, 3.8) is 0 Å². The first-order valence-electron chi connectivity index (χ1n) is 10.3. The molecule has 162 valence electrons. The van der Waals surface area contributed by atoms with Crippen LogP contribution in [0.1, 0.15) is 24.2 Å². The van der Waals surface area contributed by atoms with E-state index in [2.05, 4.69) is 0 Å². The minimum atomic E-state index is -3.72. The van der Waals surface area contributed by atoms with Crippen LogP contribution in [0.25, 0.3) is 10.8 Å². The van der Waals surface area contributed by atoms with Gasteiger partial charge in [0.1, 0.15) is 0 Å². The SMILES string of the molecule is CC1CN(S(=O)(=O)c2cccc(C(=O)N(C)c3ccc4ccccc4c3)c2)CC(C)O1. The van der Waals surface area contributed by atoms with Gasteiger partial charge in [-0.15, -0.1) is 0 Å². The summed E-state index contributed by atoms with van der Waals surface area (Å²) >= 11 is 0. The number of nitrogens with zero attached hydrogens (tertiary/aromatic N) is 2. The van der Waals surface area contributed by atoms with Crippen molar-refractivity contribution >= 4 is 32.4 Å². The first-order valence-corrected chi connectivity index (χ1v) is 11.7. The highest BCUT2D eigenvalue weighted by atomic mass is 32.2. The summed E-state index contributed by atoms with van der Waals surface area (Å²) in [6.45, 7) is 4.30. The van der Waals surface area contributed by atoms with Crippen molar-refractivity contribution in [3.8, 4) is 0 Å². The molecule has 0 N–H and O–H groups in total. The van der Waals surface area contributed by atoms with Gasteiger partial charge >= 0.3 is 0 Å². The van der Waals surface area contributed by atoms with E-state index in [1.54, 1.807) is 19.2 Å². The summed E-state index contributed by atoms with van der Waals surface area (Å²) in [7, 11) is -2.03. The Hall–Kier alpha value is -2.74. The van der Waals surface area contributed by atoms with E-state index < -0.39 is 10.0 Å². The number of rotatable bonds is 4. The van der Waals surface area contributed by atoms with Gasteiger partial charge in [0.15, 0.2) is 0 Å². The maximum atomic E-state index is 13.2. The number of amides is 1. The van der Waals surface area contributed by atoms with Gasteiger partial charge in [-0.05, 0) is 55.0 Å². The molecule has 4 rings (SSSR count). The van der Waals surface area contributed by atoms with Gasteiger partial charge in [0.25, 0.3) is 5.91 Å². The molecule has 0 spiro atoms. The van der Waals surface area contributed by atoms with Crippen LogP contribution in [-0.4, -0.2) is 51.0 Å². The summed E-state index contributed by atoms with van der Waals surface area (Å²) in [4.78, 5) is 14.8. The number of anilines is 1. The van der Waals surface area contributed by atoms with Gasteiger partial charge < -0.3 is 9.64 Å². The summed E-state index contributed by atoms with van der Waals surface area (Å²) < 4.78 is 33.5. The average molecular weight is 439 g/mol. The van der Waals surface area contributed by atoms with Crippen molar-refractivity contribution in [2.45, 2.75) is 31.0 Å². The molecule has 1 aliphatic rings. The highest BCUT2D eigenvalue weighted by Crippen LogP contribution is 2.25. The average Bonchev–Trinajstić information content (AvgIpc) is 2.77. The zero-order valence-electron chi connectivity index (χ0n) is 17.9. The fourth-order valence-corrected chi connectivity index (χ4v) is 5.60. The lowest BCUT2D eigenvalue weighted by molar-refractivity contribution is -0.0440. The van der Waals surface area contributed by atoms with E-state index in [-0.39, 0.29) is 23.0 Å². The Kier molecular flexibility index (Phi) is 5.83. The lowest BCUT2D eigenvalue weighted by atomic mass is 10.1. The third kappa shape index (κ3) is 4.35. The fourth-order valence-electron chi connectivity index (χ4n) is 3.96. The number of hydrogen-bond acceptors (Lipinski definition) is 4. The van der Waals surface area contributed by atoms with Gasteiger partial charge in [0, 0.05) is 31.4 Å². The number of sulfonamides is 1. The van der Waals surface area contributed by atoms with Gasteiger partial charge in [0.2, 0.25) is 10.0 Å². The van der Waals surface area contributed by atoms with E-state index in [1.807, 2.05) is 56.3 Å². The minimum Gasteiger partial charge on any atom is -0.373 e. The molecule has 0 bridgehead atoms. The number of fused-ring (bicyclic) bond motifs is 1. The second-order valence-corrected chi connectivity index (χ2v) is 9.94. The van der Waals surface area contributed by atoms with Crippen LogP contribution in [0, 0.1) is 0 Å². The molecular formula is C24H26N2O4S. The second kappa shape index (κ2) is 8.42. The molecule has 7 heteroatoms. The molecule has 31 heavy (non-hydrogen) atoms.